The highest BCUT2D eigenvalue weighted by molar-refractivity contribution is 5.98. The number of rotatable bonds is 6. The van der Waals surface area contributed by atoms with Crippen molar-refractivity contribution in [2.45, 2.75) is 25.1 Å². The molecule has 11 heteroatoms. The number of hydrogen-bond donors (Lipinski definition) is 2. The molecule has 38 heavy (non-hydrogen) atoms. The maximum atomic E-state index is 13.3. The van der Waals surface area contributed by atoms with Gasteiger partial charge >= 0.3 is 0 Å². The van der Waals surface area contributed by atoms with Crippen LogP contribution in [0.25, 0.3) is 11.0 Å². The fourth-order valence-electron chi connectivity index (χ4n) is 5.23. The number of dihydropyridines is 1. The third-order valence-corrected chi connectivity index (χ3v) is 7.40. The summed E-state index contributed by atoms with van der Waals surface area (Å²) in [4.78, 5) is 31.7. The van der Waals surface area contributed by atoms with Crippen LogP contribution in [0, 0.1) is 0 Å². The van der Waals surface area contributed by atoms with Gasteiger partial charge in [0.1, 0.15) is 17.6 Å². The first-order valence-corrected chi connectivity index (χ1v) is 12.9. The molecule has 3 aromatic rings. The van der Waals surface area contributed by atoms with E-state index in [0.29, 0.717) is 41.5 Å². The standard InChI is InChI=1S/C27H32N8O3/c1-4-9-34-25(36)21-16-29-26(30-18-5-7-19(8-6-18)33-12-10-32(3)11-13-33)31-23(21)35(34)20-14-22-24(28-15-20)38-17-27(22,2)37/h4-8,14,16,20,37H,1,9-13,15,17H2,2-3H3,(H,29,30,31). The van der Waals surface area contributed by atoms with Crippen LogP contribution in [0.5, 0.6) is 0 Å². The van der Waals surface area contributed by atoms with Crippen LogP contribution in [-0.4, -0.2) is 87.2 Å². The van der Waals surface area contributed by atoms with Gasteiger partial charge in [0, 0.05) is 49.3 Å². The van der Waals surface area contributed by atoms with Crippen molar-refractivity contribution in [3.8, 4) is 0 Å². The molecular formula is C27H32N8O3. The molecule has 2 unspecified atom stereocenters. The number of aliphatic hydroxyl groups is 1. The van der Waals surface area contributed by atoms with E-state index in [9.17, 15) is 9.90 Å². The van der Waals surface area contributed by atoms with Gasteiger partial charge in [-0.2, -0.15) is 4.98 Å². The van der Waals surface area contributed by atoms with Gasteiger partial charge in [0.05, 0.1) is 19.1 Å². The van der Waals surface area contributed by atoms with Crippen LogP contribution < -0.4 is 15.8 Å². The van der Waals surface area contributed by atoms with Gasteiger partial charge < -0.3 is 25.0 Å². The van der Waals surface area contributed by atoms with Gasteiger partial charge in [0.2, 0.25) is 11.8 Å². The number of anilines is 3. The van der Waals surface area contributed by atoms with Gasteiger partial charge in [0.25, 0.3) is 5.56 Å². The average Bonchev–Trinajstić information content (AvgIpc) is 3.37. The first-order valence-electron chi connectivity index (χ1n) is 12.9. The van der Waals surface area contributed by atoms with Crippen LogP contribution >= 0.6 is 0 Å². The number of piperazine rings is 1. The maximum absolute atomic E-state index is 13.3. The quantitative estimate of drug-likeness (QED) is 0.478. The van der Waals surface area contributed by atoms with Crippen molar-refractivity contribution >= 4 is 34.3 Å². The van der Waals surface area contributed by atoms with Crippen molar-refractivity contribution in [3.05, 3.63) is 65.1 Å². The molecule has 198 valence electrons. The summed E-state index contributed by atoms with van der Waals surface area (Å²) in [5, 5.41) is 14.4. The van der Waals surface area contributed by atoms with E-state index in [1.807, 2.05) is 22.9 Å². The summed E-state index contributed by atoms with van der Waals surface area (Å²) in [6.45, 7) is 10.4. The molecule has 0 aliphatic carbocycles. The van der Waals surface area contributed by atoms with Gasteiger partial charge in [0.15, 0.2) is 5.65 Å². The normalized spacial score (nSPS) is 23.6. The van der Waals surface area contributed by atoms with Crippen LogP contribution in [0.3, 0.4) is 0 Å². The molecule has 2 atom stereocenters. The van der Waals surface area contributed by atoms with Crippen molar-refractivity contribution in [2.75, 3.05) is 56.6 Å². The molecule has 2 aromatic heterocycles. The zero-order valence-electron chi connectivity index (χ0n) is 21.7. The molecule has 3 aliphatic heterocycles. The van der Waals surface area contributed by atoms with Crippen molar-refractivity contribution in [2.24, 2.45) is 4.99 Å². The summed E-state index contributed by atoms with van der Waals surface area (Å²) >= 11 is 0. The zero-order valence-corrected chi connectivity index (χ0v) is 21.7. The average molecular weight is 517 g/mol. The molecule has 0 bridgehead atoms. The number of aliphatic imine (C=N–C) groups is 1. The lowest BCUT2D eigenvalue weighted by molar-refractivity contribution is 0.0714. The highest BCUT2D eigenvalue weighted by Crippen LogP contribution is 2.33. The summed E-state index contributed by atoms with van der Waals surface area (Å²) in [6, 6.07) is 7.89. The smallest absolute Gasteiger partial charge is 0.278 e. The summed E-state index contributed by atoms with van der Waals surface area (Å²) in [5.41, 5.74) is 1.82. The molecule has 2 saturated heterocycles. The van der Waals surface area contributed by atoms with E-state index in [1.54, 1.807) is 23.9 Å². The predicted molar refractivity (Wildman–Crippen MR) is 147 cm³/mol. The third-order valence-electron chi connectivity index (χ3n) is 7.40. The summed E-state index contributed by atoms with van der Waals surface area (Å²) in [5.74, 6) is 0.843. The van der Waals surface area contributed by atoms with Gasteiger partial charge in [-0.3, -0.25) is 9.48 Å². The Morgan fingerprint density at radius 3 is 2.74 bits per heavy atom. The molecule has 3 aliphatic rings. The topological polar surface area (TPSA) is 113 Å². The molecule has 0 spiro atoms. The predicted octanol–water partition coefficient (Wildman–Crippen LogP) is 1.94. The first kappa shape index (κ1) is 24.4. The Balaban J connectivity index is 1.32. The van der Waals surface area contributed by atoms with E-state index in [4.69, 9.17) is 9.72 Å². The lowest BCUT2D eigenvalue weighted by Crippen LogP contribution is -2.44. The third kappa shape index (κ3) is 4.27. The molecule has 1 aromatic carbocycles. The molecule has 0 amide bonds. The maximum Gasteiger partial charge on any atom is 0.278 e. The molecule has 11 nitrogen and oxygen atoms in total. The minimum absolute atomic E-state index is 0.153. The molecular weight excluding hydrogens is 484 g/mol. The molecule has 0 saturated carbocycles. The van der Waals surface area contributed by atoms with Gasteiger partial charge in [-0.05, 0) is 44.3 Å². The molecule has 0 radical (unpaired) electrons. The second-order valence-electron chi connectivity index (χ2n) is 10.3. The summed E-state index contributed by atoms with van der Waals surface area (Å²) in [6.07, 6.45) is 5.14. The van der Waals surface area contributed by atoms with E-state index >= 15 is 0 Å². The fourth-order valence-corrected chi connectivity index (χ4v) is 5.23. The monoisotopic (exact) mass is 516 g/mol. The minimum atomic E-state index is -1.14. The number of nitrogens with zero attached hydrogens (tertiary/aromatic N) is 7. The Hall–Kier alpha value is -3.96. The lowest BCUT2D eigenvalue weighted by Gasteiger charge is -2.34. The van der Waals surface area contributed by atoms with Crippen molar-refractivity contribution in [1.82, 2.24) is 24.2 Å². The second-order valence-corrected chi connectivity index (χ2v) is 10.3. The number of likely N-dealkylation sites (N-methyl/N-ethyl adjacent to an activating group) is 1. The van der Waals surface area contributed by atoms with Crippen molar-refractivity contribution in [1.29, 1.82) is 0 Å². The molecule has 2 N–H and O–H groups in total. The molecule has 2 fully saturated rings. The van der Waals surface area contributed by atoms with Crippen LogP contribution in [0.2, 0.25) is 0 Å². The Kier molecular flexibility index (Phi) is 6.04. The van der Waals surface area contributed by atoms with Crippen molar-refractivity contribution < 1.29 is 9.84 Å². The van der Waals surface area contributed by atoms with Crippen LogP contribution in [0.15, 0.2) is 64.6 Å². The summed E-state index contributed by atoms with van der Waals surface area (Å²) < 4.78 is 8.98. The largest absolute Gasteiger partial charge is 0.474 e. The Bertz CT molecular complexity index is 1490. The van der Waals surface area contributed by atoms with Gasteiger partial charge in [-0.1, -0.05) is 6.08 Å². The fraction of sp³-hybridized carbons (Fsp3) is 0.407. The highest BCUT2D eigenvalue weighted by atomic mass is 16.5. The van der Waals surface area contributed by atoms with E-state index in [2.05, 4.69) is 50.9 Å². The Morgan fingerprint density at radius 2 is 2.00 bits per heavy atom. The zero-order chi connectivity index (χ0) is 26.4. The number of aromatic nitrogens is 4. The first-order chi connectivity index (χ1) is 18.3. The van der Waals surface area contributed by atoms with E-state index in [0.717, 1.165) is 31.9 Å². The number of fused-ring (bicyclic) bond motifs is 2. The van der Waals surface area contributed by atoms with E-state index < -0.39 is 5.60 Å². The number of hydrogen-bond acceptors (Lipinski definition) is 9. The molecule has 6 rings (SSSR count). The van der Waals surface area contributed by atoms with Crippen molar-refractivity contribution in [3.63, 3.8) is 0 Å². The van der Waals surface area contributed by atoms with E-state index in [-0.39, 0.29) is 18.2 Å². The number of allylic oxidation sites excluding steroid dienone is 1. The lowest BCUT2D eigenvalue weighted by atomic mass is 9.95. The van der Waals surface area contributed by atoms with Crippen LogP contribution in [0.1, 0.15) is 13.0 Å². The van der Waals surface area contributed by atoms with Gasteiger partial charge in [-0.25, -0.2) is 14.7 Å². The van der Waals surface area contributed by atoms with Crippen LogP contribution in [-0.2, 0) is 11.3 Å². The van der Waals surface area contributed by atoms with Crippen LogP contribution in [0.4, 0.5) is 17.3 Å². The Labute approximate surface area is 220 Å². The number of nitrogens with one attached hydrogen (secondary N) is 1. The second kappa shape index (κ2) is 9.41. The SMILES string of the molecule is C=CCn1c(=O)c2cnc(Nc3ccc(N4CCN(C)CC4)cc3)nc2n1C1C=C2C(=NC1)OCC2(C)O. The van der Waals surface area contributed by atoms with Gasteiger partial charge in [-0.15, -0.1) is 6.58 Å². The molecule has 5 heterocycles. The minimum Gasteiger partial charge on any atom is -0.474 e. The summed E-state index contributed by atoms with van der Waals surface area (Å²) in [7, 11) is 2.15. The number of benzene rings is 1. The van der Waals surface area contributed by atoms with E-state index in [1.165, 1.54) is 5.69 Å². The highest BCUT2D eigenvalue weighted by Gasteiger charge is 2.41. The number of ether oxygens (including phenoxy) is 1. The Morgan fingerprint density at radius 1 is 1.24 bits per heavy atom.